The summed E-state index contributed by atoms with van der Waals surface area (Å²) < 4.78 is 0. The Morgan fingerprint density at radius 2 is 0.729 bits per heavy atom. The van der Waals surface area contributed by atoms with Gasteiger partial charge < -0.3 is 4.90 Å². The second-order valence-corrected chi connectivity index (χ2v) is 17.4. The molecule has 0 aliphatic heterocycles. The highest BCUT2D eigenvalue weighted by Crippen LogP contribution is 2.52. The zero-order valence-corrected chi connectivity index (χ0v) is 34.0. The Labute approximate surface area is 347 Å². The van der Waals surface area contributed by atoms with Gasteiger partial charge in [-0.25, -0.2) is 0 Å². The minimum Gasteiger partial charge on any atom is -0.310 e. The molecule has 9 aromatic rings. The summed E-state index contributed by atoms with van der Waals surface area (Å²) >= 11 is 0. The predicted octanol–water partition coefficient (Wildman–Crippen LogP) is 15.9. The van der Waals surface area contributed by atoms with Crippen LogP contribution in [0.1, 0.15) is 49.9 Å². The lowest BCUT2D eigenvalue weighted by Crippen LogP contribution is -2.16. The normalized spacial score (nSPS) is 14.0. The van der Waals surface area contributed by atoms with Gasteiger partial charge in [-0.1, -0.05) is 179 Å². The molecule has 11 rings (SSSR count). The Hall–Kier alpha value is -6.96. The second-order valence-electron chi connectivity index (χ2n) is 17.4. The molecule has 0 fully saturated rings. The molecule has 0 aromatic heterocycles. The van der Waals surface area contributed by atoms with Crippen molar-refractivity contribution in [2.75, 3.05) is 4.90 Å². The van der Waals surface area contributed by atoms with Crippen LogP contribution in [0.2, 0.25) is 0 Å². The summed E-state index contributed by atoms with van der Waals surface area (Å²) in [5.41, 5.74) is 21.5. The lowest BCUT2D eigenvalue weighted by atomic mass is 9.81. The predicted molar refractivity (Wildman–Crippen MR) is 250 cm³/mol. The number of benzene rings is 9. The molecule has 2 aliphatic carbocycles. The zero-order chi connectivity index (χ0) is 39.9. The van der Waals surface area contributed by atoms with Crippen LogP contribution in [0.5, 0.6) is 0 Å². The van der Waals surface area contributed by atoms with Crippen molar-refractivity contribution < 1.29 is 0 Å². The van der Waals surface area contributed by atoms with Crippen LogP contribution in [0.25, 0.3) is 66.4 Å². The molecule has 1 nitrogen and oxygen atoms in total. The summed E-state index contributed by atoms with van der Waals surface area (Å²) in [6.45, 7) is 9.42. The number of nitrogens with zero attached hydrogens (tertiary/aromatic N) is 1. The molecular weight excluding hydrogens is 711 g/mol. The fraction of sp³-hybridized carbons (Fsp3) is 0.103. The van der Waals surface area contributed by atoms with Crippen LogP contribution in [-0.2, 0) is 10.8 Å². The highest BCUT2D eigenvalue weighted by atomic mass is 15.1. The minimum atomic E-state index is -0.0998. The SMILES string of the molecule is CC1(C)c2ccccc2-c2ccc(-c3ccc(N(c4ccc(-c5cccc(-c6cccc7ccccc67)c5)cc4)c4ccc5c(c4)C(C)(C)c4ccccc4-5)cc3)cc21. The number of hydrogen-bond donors (Lipinski definition) is 0. The van der Waals surface area contributed by atoms with E-state index in [0.717, 1.165) is 17.1 Å². The maximum Gasteiger partial charge on any atom is 0.0465 e. The molecule has 0 atom stereocenters. The minimum absolute atomic E-state index is 0.0386. The van der Waals surface area contributed by atoms with Crippen LogP contribution < -0.4 is 4.90 Å². The van der Waals surface area contributed by atoms with E-state index in [-0.39, 0.29) is 10.8 Å². The molecular formula is C58H45N. The summed E-state index contributed by atoms with van der Waals surface area (Å²) in [5, 5.41) is 2.53. The molecule has 282 valence electrons. The average molecular weight is 756 g/mol. The van der Waals surface area contributed by atoms with Crippen LogP contribution in [0.4, 0.5) is 17.1 Å². The number of anilines is 3. The standard InChI is InChI=1S/C58H45N/c1-57(2)53-21-9-7-18-49(53)51-33-27-42(36-55(51)57)39-25-30-45(31-26-39)59(46-32-34-52-50-19-8-10-22-54(50)58(3,4)56(52)37-46)44-28-23-38(24-29-44)41-15-11-16-43(35-41)48-20-12-14-40-13-5-6-17-47(40)48/h5-37H,1-4H3. The second kappa shape index (κ2) is 13.3. The van der Waals surface area contributed by atoms with E-state index in [2.05, 4.69) is 233 Å². The van der Waals surface area contributed by atoms with Crippen molar-refractivity contribution in [3.05, 3.63) is 222 Å². The molecule has 0 amide bonds. The third kappa shape index (κ3) is 5.60. The van der Waals surface area contributed by atoms with E-state index in [1.165, 1.54) is 88.7 Å². The molecule has 9 aromatic carbocycles. The van der Waals surface area contributed by atoms with E-state index in [1.54, 1.807) is 0 Å². The van der Waals surface area contributed by atoms with Crippen LogP contribution in [0, 0.1) is 0 Å². The maximum atomic E-state index is 2.42. The van der Waals surface area contributed by atoms with Crippen molar-refractivity contribution in [1.82, 2.24) is 0 Å². The van der Waals surface area contributed by atoms with Crippen molar-refractivity contribution in [3.63, 3.8) is 0 Å². The molecule has 0 radical (unpaired) electrons. The first-order valence-electron chi connectivity index (χ1n) is 20.8. The molecule has 0 unspecified atom stereocenters. The van der Waals surface area contributed by atoms with Gasteiger partial charge in [-0.05, 0) is 137 Å². The van der Waals surface area contributed by atoms with Crippen molar-refractivity contribution in [1.29, 1.82) is 0 Å². The molecule has 2 aliphatic rings. The van der Waals surface area contributed by atoms with Gasteiger partial charge in [0.25, 0.3) is 0 Å². The van der Waals surface area contributed by atoms with E-state index in [4.69, 9.17) is 0 Å². The van der Waals surface area contributed by atoms with Crippen molar-refractivity contribution in [3.8, 4) is 55.6 Å². The lowest BCUT2D eigenvalue weighted by molar-refractivity contribution is 0.660. The molecule has 0 heterocycles. The molecule has 0 bridgehead atoms. The molecule has 59 heavy (non-hydrogen) atoms. The number of hydrogen-bond acceptors (Lipinski definition) is 1. The highest BCUT2D eigenvalue weighted by molar-refractivity contribution is 5.97. The van der Waals surface area contributed by atoms with E-state index in [0.29, 0.717) is 0 Å². The summed E-state index contributed by atoms with van der Waals surface area (Å²) in [6.07, 6.45) is 0. The highest BCUT2D eigenvalue weighted by Gasteiger charge is 2.37. The molecule has 0 saturated carbocycles. The third-order valence-corrected chi connectivity index (χ3v) is 13.3. The topological polar surface area (TPSA) is 3.24 Å². The van der Waals surface area contributed by atoms with Gasteiger partial charge >= 0.3 is 0 Å². The van der Waals surface area contributed by atoms with Gasteiger partial charge in [0.2, 0.25) is 0 Å². The van der Waals surface area contributed by atoms with Crippen LogP contribution in [0.15, 0.2) is 200 Å². The summed E-state index contributed by atoms with van der Waals surface area (Å²) in [4.78, 5) is 2.42. The Bertz CT molecular complexity index is 3080. The molecule has 0 spiro atoms. The largest absolute Gasteiger partial charge is 0.310 e. The quantitative estimate of drug-likeness (QED) is 0.163. The lowest BCUT2D eigenvalue weighted by Gasteiger charge is -2.28. The smallest absolute Gasteiger partial charge is 0.0465 e. The van der Waals surface area contributed by atoms with Gasteiger partial charge in [-0.3, -0.25) is 0 Å². The van der Waals surface area contributed by atoms with Crippen molar-refractivity contribution in [2.24, 2.45) is 0 Å². The summed E-state index contributed by atoms with van der Waals surface area (Å²) in [6, 6.07) is 74.3. The van der Waals surface area contributed by atoms with Crippen LogP contribution >= 0.6 is 0 Å². The first-order valence-corrected chi connectivity index (χ1v) is 20.8. The number of fused-ring (bicyclic) bond motifs is 7. The van der Waals surface area contributed by atoms with E-state index < -0.39 is 0 Å². The molecule has 0 N–H and O–H groups in total. The fourth-order valence-corrected chi connectivity index (χ4v) is 10.1. The van der Waals surface area contributed by atoms with Gasteiger partial charge in [0, 0.05) is 27.9 Å². The van der Waals surface area contributed by atoms with E-state index in [1.807, 2.05) is 0 Å². The zero-order valence-electron chi connectivity index (χ0n) is 34.0. The van der Waals surface area contributed by atoms with Gasteiger partial charge in [0.15, 0.2) is 0 Å². The van der Waals surface area contributed by atoms with Gasteiger partial charge in [-0.2, -0.15) is 0 Å². The van der Waals surface area contributed by atoms with Crippen molar-refractivity contribution in [2.45, 2.75) is 38.5 Å². The van der Waals surface area contributed by atoms with Gasteiger partial charge in [-0.15, -0.1) is 0 Å². The van der Waals surface area contributed by atoms with Gasteiger partial charge in [0.1, 0.15) is 0 Å². The van der Waals surface area contributed by atoms with E-state index >= 15 is 0 Å². The van der Waals surface area contributed by atoms with Crippen LogP contribution in [0.3, 0.4) is 0 Å². The van der Waals surface area contributed by atoms with E-state index in [9.17, 15) is 0 Å². The first-order chi connectivity index (χ1) is 28.8. The summed E-state index contributed by atoms with van der Waals surface area (Å²) in [7, 11) is 0. The number of rotatable bonds is 6. The molecule has 1 heteroatoms. The Balaban J connectivity index is 0.980. The van der Waals surface area contributed by atoms with Crippen LogP contribution in [-0.4, -0.2) is 0 Å². The van der Waals surface area contributed by atoms with Crippen molar-refractivity contribution >= 4 is 27.8 Å². The monoisotopic (exact) mass is 755 g/mol. The Morgan fingerprint density at radius 1 is 0.288 bits per heavy atom. The fourth-order valence-electron chi connectivity index (χ4n) is 10.1. The maximum absolute atomic E-state index is 2.42. The third-order valence-electron chi connectivity index (χ3n) is 13.3. The molecule has 0 saturated heterocycles. The Morgan fingerprint density at radius 3 is 1.39 bits per heavy atom. The summed E-state index contributed by atoms with van der Waals surface area (Å²) in [5.74, 6) is 0. The Kier molecular flexibility index (Phi) is 7.94. The first kappa shape index (κ1) is 35.2. The average Bonchev–Trinajstić information content (AvgIpc) is 3.65. The van der Waals surface area contributed by atoms with Gasteiger partial charge in [0.05, 0.1) is 0 Å².